The molecule has 0 aliphatic carbocycles. The zero-order valence-electron chi connectivity index (χ0n) is 19.7. The van der Waals surface area contributed by atoms with Crippen LogP contribution >= 0.6 is 0 Å². The quantitative estimate of drug-likeness (QED) is 0.419. The largest absolute Gasteiger partial charge is 0.508 e. The Bertz CT molecular complexity index is 1550. The van der Waals surface area contributed by atoms with Crippen LogP contribution in [0.15, 0.2) is 36.4 Å². The minimum Gasteiger partial charge on any atom is -0.508 e. The Labute approximate surface area is 205 Å². The molecule has 1 fully saturated rings. The molecule has 0 bridgehead atoms. The van der Waals surface area contributed by atoms with Crippen molar-refractivity contribution >= 4 is 27.5 Å². The van der Waals surface area contributed by atoms with Crippen molar-refractivity contribution in [2.75, 3.05) is 38.3 Å². The lowest BCUT2D eigenvalue weighted by atomic mass is 9.93. The highest BCUT2D eigenvalue weighted by atomic mass is 19.1. The molecule has 1 aromatic heterocycles. The van der Waals surface area contributed by atoms with Gasteiger partial charge in [0.1, 0.15) is 28.5 Å². The Kier molecular flexibility index (Phi) is 5.86. The summed E-state index contributed by atoms with van der Waals surface area (Å²) in [5.41, 5.74) is -0.912. The first-order valence-electron chi connectivity index (χ1n) is 11.2. The fourth-order valence-electron chi connectivity index (χ4n) is 4.63. The number of anilines is 1. The van der Waals surface area contributed by atoms with E-state index < -0.39 is 17.2 Å². The number of aromatic nitrogens is 2. The van der Waals surface area contributed by atoms with Crippen LogP contribution in [0.25, 0.3) is 32.8 Å². The van der Waals surface area contributed by atoms with Crippen LogP contribution in [0.5, 0.6) is 11.8 Å². The minimum atomic E-state index is -1.14. The van der Waals surface area contributed by atoms with Crippen molar-refractivity contribution in [1.82, 2.24) is 9.97 Å². The third-order valence-electron chi connectivity index (χ3n) is 6.18. The smallest absolute Gasteiger partial charge is 0.318 e. The Morgan fingerprint density at radius 2 is 1.97 bits per heavy atom. The van der Waals surface area contributed by atoms with Gasteiger partial charge < -0.3 is 24.6 Å². The van der Waals surface area contributed by atoms with E-state index in [-0.39, 0.29) is 47.1 Å². The molecule has 9 heteroatoms. The van der Waals surface area contributed by atoms with E-state index in [4.69, 9.17) is 15.9 Å². The second kappa shape index (κ2) is 8.90. The van der Waals surface area contributed by atoms with E-state index in [1.54, 1.807) is 17.9 Å². The maximum absolute atomic E-state index is 16.2. The third-order valence-corrected chi connectivity index (χ3v) is 6.18. The van der Waals surface area contributed by atoms with E-state index in [2.05, 4.69) is 15.9 Å². The van der Waals surface area contributed by atoms with Crippen LogP contribution < -0.4 is 9.64 Å². The number of hydrogen-bond acceptors (Lipinski definition) is 7. The summed E-state index contributed by atoms with van der Waals surface area (Å²) in [7, 11) is 1.37. The first-order chi connectivity index (χ1) is 17.2. The first-order valence-corrected chi connectivity index (χ1v) is 11.2. The molecule has 0 amide bonds. The van der Waals surface area contributed by atoms with E-state index in [1.807, 2.05) is 0 Å². The molecule has 0 spiro atoms. The second-order valence-electron chi connectivity index (χ2n) is 8.99. The summed E-state index contributed by atoms with van der Waals surface area (Å²) >= 11 is 0. The van der Waals surface area contributed by atoms with Crippen LogP contribution in [0.3, 0.4) is 0 Å². The van der Waals surface area contributed by atoms with E-state index in [9.17, 15) is 14.6 Å². The molecule has 1 aliphatic heterocycles. The number of hydrogen-bond donors (Lipinski definition) is 2. The second-order valence-corrected chi connectivity index (χ2v) is 8.99. The van der Waals surface area contributed by atoms with Gasteiger partial charge in [-0.3, -0.25) is 0 Å². The number of methoxy groups -OCH3 is 1. The van der Waals surface area contributed by atoms with Gasteiger partial charge in [0.2, 0.25) is 0 Å². The van der Waals surface area contributed by atoms with Crippen molar-refractivity contribution < 1.29 is 28.5 Å². The number of phenols is 1. The molecule has 4 aromatic rings. The highest BCUT2D eigenvalue weighted by Gasteiger charge is 2.30. The highest BCUT2D eigenvalue weighted by molar-refractivity contribution is 6.04. The summed E-state index contributed by atoms with van der Waals surface area (Å²) < 4.78 is 41.5. The molecule has 36 heavy (non-hydrogen) atoms. The molecule has 3 aromatic carbocycles. The maximum atomic E-state index is 16.2. The average molecular weight is 491 g/mol. The van der Waals surface area contributed by atoms with Crippen LogP contribution in [0.1, 0.15) is 12.5 Å². The molecule has 184 valence electrons. The molecule has 1 saturated heterocycles. The number of halogens is 2. The van der Waals surface area contributed by atoms with Gasteiger partial charge >= 0.3 is 6.01 Å². The summed E-state index contributed by atoms with van der Waals surface area (Å²) in [5.74, 6) is 1.25. The van der Waals surface area contributed by atoms with Gasteiger partial charge in [-0.05, 0) is 42.1 Å². The predicted molar refractivity (Wildman–Crippen MR) is 132 cm³/mol. The van der Waals surface area contributed by atoms with Crippen molar-refractivity contribution in [2.24, 2.45) is 0 Å². The summed E-state index contributed by atoms with van der Waals surface area (Å²) in [5, 5.41) is 22.1. The molecule has 2 heterocycles. The van der Waals surface area contributed by atoms with Crippen molar-refractivity contribution in [3.63, 3.8) is 0 Å². The zero-order chi connectivity index (χ0) is 25.6. The lowest BCUT2D eigenvalue weighted by molar-refractivity contribution is -0.0123. The minimum absolute atomic E-state index is 0.0326. The van der Waals surface area contributed by atoms with Crippen LogP contribution in [0.4, 0.5) is 14.6 Å². The first kappa shape index (κ1) is 23.7. The SMILES string of the molecule is C#Cc1c(F)ccc2cc(O)cc(-c3ccc4c(N5CCOCC(C)(O)C5)nc(OC)nc4c3F)c12. The summed E-state index contributed by atoms with van der Waals surface area (Å²) in [6.45, 7) is 2.77. The van der Waals surface area contributed by atoms with Gasteiger partial charge in [0, 0.05) is 22.9 Å². The van der Waals surface area contributed by atoms with Gasteiger partial charge in [-0.25, -0.2) is 8.78 Å². The molecule has 7 nitrogen and oxygen atoms in total. The lowest BCUT2D eigenvalue weighted by Crippen LogP contribution is -2.42. The van der Waals surface area contributed by atoms with Crippen molar-refractivity contribution in [2.45, 2.75) is 12.5 Å². The topological polar surface area (TPSA) is 87.9 Å². The number of nitrogens with zero attached hydrogens (tertiary/aromatic N) is 3. The van der Waals surface area contributed by atoms with Crippen molar-refractivity contribution in [1.29, 1.82) is 0 Å². The van der Waals surface area contributed by atoms with Gasteiger partial charge in [-0.15, -0.1) is 6.42 Å². The molecule has 5 rings (SSSR count). The molecular formula is C27H23F2N3O4. The Morgan fingerprint density at radius 3 is 2.72 bits per heavy atom. The molecule has 1 aliphatic rings. The number of aromatic hydroxyl groups is 1. The maximum Gasteiger partial charge on any atom is 0.318 e. The number of benzene rings is 3. The van der Waals surface area contributed by atoms with Gasteiger partial charge in [-0.2, -0.15) is 9.97 Å². The van der Waals surface area contributed by atoms with Crippen LogP contribution in [-0.4, -0.2) is 59.2 Å². The predicted octanol–water partition coefficient (Wildman–Crippen LogP) is 4.01. The van der Waals surface area contributed by atoms with Gasteiger partial charge in [-0.1, -0.05) is 18.1 Å². The summed E-state index contributed by atoms with van der Waals surface area (Å²) in [6.07, 6.45) is 5.59. The Morgan fingerprint density at radius 1 is 1.17 bits per heavy atom. The monoisotopic (exact) mass is 491 g/mol. The molecule has 2 N–H and O–H groups in total. The molecule has 1 unspecified atom stereocenters. The zero-order valence-corrected chi connectivity index (χ0v) is 19.7. The number of phenolic OH excluding ortho intramolecular Hbond substituents is 1. The van der Waals surface area contributed by atoms with Gasteiger partial charge in [0.05, 0.1) is 32.4 Å². The Hall–Kier alpha value is -4.00. The van der Waals surface area contributed by atoms with Crippen molar-refractivity contribution in [3.8, 4) is 35.2 Å². The third kappa shape index (κ3) is 4.04. The normalized spacial score (nSPS) is 18.3. The van der Waals surface area contributed by atoms with Gasteiger partial charge in [0.25, 0.3) is 0 Å². The van der Waals surface area contributed by atoms with Crippen LogP contribution in [-0.2, 0) is 4.74 Å². The van der Waals surface area contributed by atoms with E-state index in [0.29, 0.717) is 35.1 Å². The van der Waals surface area contributed by atoms with E-state index >= 15 is 4.39 Å². The van der Waals surface area contributed by atoms with Crippen molar-refractivity contribution in [3.05, 3.63) is 53.6 Å². The summed E-state index contributed by atoms with van der Waals surface area (Å²) in [4.78, 5) is 10.5. The number of rotatable bonds is 3. The number of terminal acetylenes is 1. The molecule has 1 atom stereocenters. The van der Waals surface area contributed by atoms with E-state index in [0.717, 1.165) is 0 Å². The Balaban J connectivity index is 1.78. The fraction of sp³-hybridized carbons (Fsp3) is 0.259. The molecule has 0 radical (unpaired) electrons. The lowest BCUT2D eigenvalue weighted by Gasteiger charge is -2.29. The number of ether oxygens (including phenoxy) is 2. The molecule has 0 saturated carbocycles. The van der Waals surface area contributed by atoms with Crippen LogP contribution in [0.2, 0.25) is 0 Å². The highest BCUT2D eigenvalue weighted by Crippen LogP contribution is 2.40. The van der Waals surface area contributed by atoms with Crippen LogP contribution in [0, 0.1) is 24.0 Å². The number of aliphatic hydroxyl groups is 1. The average Bonchev–Trinajstić information content (AvgIpc) is 3.03. The standard InChI is InChI=1S/C27H23F2N3O4/c1-4-17-21(28)8-5-15-11-16(33)12-20(22(15)17)18-6-7-19-24(23(18)29)30-26(35-3)31-25(19)32-9-10-36-14-27(2,34)13-32/h1,5-8,11-12,33-34H,9-10,13-14H2,2-3H3. The molecular weight excluding hydrogens is 468 g/mol. The fourth-order valence-corrected chi connectivity index (χ4v) is 4.63. The number of fused-ring (bicyclic) bond motifs is 2. The van der Waals surface area contributed by atoms with E-state index in [1.165, 1.54) is 37.4 Å². The summed E-state index contributed by atoms with van der Waals surface area (Å²) in [6, 6.07) is 8.57. The van der Waals surface area contributed by atoms with Gasteiger partial charge in [0.15, 0.2) is 5.82 Å². The number of β-amino-alcohol motifs (C(OH)–C–C–N with tert-alkyl or cyclic N) is 1.